The number of hydrogen-bond donors (Lipinski definition) is 4. The van der Waals surface area contributed by atoms with Gasteiger partial charge >= 0.3 is 5.97 Å². The molecule has 1 atom stereocenters. The fourth-order valence-corrected chi connectivity index (χ4v) is 4.43. The summed E-state index contributed by atoms with van der Waals surface area (Å²) in [6.45, 7) is 0.124. The van der Waals surface area contributed by atoms with Crippen molar-refractivity contribution in [1.29, 1.82) is 0 Å². The zero-order valence-electron chi connectivity index (χ0n) is 19.5. The molecular formula is C28H23FN2O6. The van der Waals surface area contributed by atoms with Gasteiger partial charge in [0.25, 0.3) is 0 Å². The van der Waals surface area contributed by atoms with Gasteiger partial charge in [-0.05, 0) is 29.3 Å². The van der Waals surface area contributed by atoms with Crippen molar-refractivity contribution in [3.05, 3.63) is 101 Å². The number of aliphatic hydroxyl groups is 1. The number of aromatic carboxylic acids is 1. The molecule has 0 spiro atoms. The minimum absolute atomic E-state index is 0.0938. The molecule has 0 aliphatic heterocycles. The van der Waals surface area contributed by atoms with Crippen molar-refractivity contribution in [3.8, 4) is 11.6 Å². The van der Waals surface area contributed by atoms with Crippen LogP contribution in [0.2, 0.25) is 0 Å². The first-order valence-corrected chi connectivity index (χ1v) is 11.5. The smallest absolute Gasteiger partial charge is 0.339 e. The molecule has 37 heavy (non-hydrogen) atoms. The average Bonchev–Trinajstić information content (AvgIpc) is 3.36. The van der Waals surface area contributed by atoms with Crippen molar-refractivity contribution in [2.75, 3.05) is 13.2 Å². The molecule has 2 heterocycles. The van der Waals surface area contributed by atoms with Crippen molar-refractivity contribution < 1.29 is 33.7 Å². The molecule has 188 valence electrons. The summed E-state index contributed by atoms with van der Waals surface area (Å²) in [7, 11) is 0. The topological polar surface area (TPSA) is 125 Å². The summed E-state index contributed by atoms with van der Waals surface area (Å²) >= 11 is 0. The van der Waals surface area contributed by atoms with Gasteiger partial charge in [-0.2, -0.15) is 0 Å². The lowest BCUT2D eigenvalue weighted by atomic mass is 9.90. The summed E-state index contributed by atoms with van der Waals surface area (Å²) in [6, 6.07) is 15.6. The van der Waals surface area contributed by atoms with Gasteiger partial charge in [0, 0.05) is 40.5 Å². The van der Waals surface area contributed by atoms with E-state index in [1.807, 2.05) is 0 Å². The lowest BCUT2D eigenvalue weighted by molar-refractivity contribution is 0.0698. The fraction of sp³-hybridized carbons (Fsp3) is 0.143. The predicted molar refractivity (Wildman–Crippen MR) is 134 cm³/mol. The van der Waals surface area contributed by atoms with Crippen molar-refractivity contribution in [2.24, 2.45) is 0 Å². The van der Waals surface area contributed by atoms with Crippen molar-refractivity contribution in [3.63, 3.8) is 0 Å². The maximum atomic E-state index is 13.2. The Labute approximate surface area is 210 Å². The SMILES string of the molecule is O=C(O)c1coc2c1c(C(NCCO)c1ccnc(OCc3ccc(F)cc3)c1)c(O)c1ccccc12. The van der Waals surface area contributed by atoms with E-state index >= 15 is 0 Å². The van der Waals surface area contributed by atoms with Crippen LogP contribution < -0.4 is 10.1 Å². The number of aliphatic hydroxyl groups excluding tert-OH is 1. The van der Waals surface area contributed by atoms with E-state index in [-0.39, 0.29) is 48.2 Å². The number of aromatic nitrogens is 1. The normalized spacial score (nSPS) is 12.2. The van der Waals surface area contributed by atoms with Crippen LogP contribution in [-0.2, 0) is 6.61 Å². The van der Waals surface area contributed by atoms with Crippen molar-refractivity contribution in [1.82, 2.24) is 10.3 Å². The number of nitrogens with one attached hydrogen (secondary N) is 1. The third-order valence-corrected chi connectivity index (χ3v) is 6.11. The summed E-state index contributed by atoms with van der Waals surface area (Å²) in [6.07, 6.45) is 2.70. The third-order valence-electron chi connectivity index (χ3n) is 6.11. The molecule has 8 nitrogen and oxygen atoms in total. The number of halogens is 1. The number of phenolic OH excluding ortho intramolecular Hbond substituents is 1. The number of furan rings is 1. The Hall–Kier alpha value is -4.47. The summed E-state index contributed by atoms with van der Waals surface area (Å²) in [4.78, 5) is 16.3. The van der Waals surface area contributed by atoms with Gasteiger partial charge in [0.05, 0.1) is 12.6 Å². The number of carboxylic acid groups (broad SMARTS) is 1. The predicted octanol–water partition coefficient (Wildman–Crippen LogP) is 4.77. The minimum Gasteiger partial charge on any atom is -0.507 e. The molecule has 3 aromatic carbocycles. The zero-order valence-corrected chi connectivity index (χ0v) is 19.5. The van der Waals surface area contributed by atoms with Crippen LogP contribution in [-0.4, -0.2) is 39.4 Å². The molecule has 5 aromatic rings. The second kappa shape index (κ2) is 10.3. The van der Waals surface area contributed by atoms with Gasteiger partial charge in [0.1, 0.15) is 35.6 Å². The quantitative estimate of drug-likeness (QED) is 0.227. The van der Waals surface area contributed by atoms with Crippen molar-refractivity contribution in [2.45, 2.75) is 12.6 Å². The molecule has 4 N–H and O–H groups in total. The molecule has 0 bridgehead atoms. The maximum Gasteiger partial charge on any atom is 0.339 e. The Morgan fingerprint density at radius 1 is 1.11 bits per heavy atom. The van der Waals surface area contributed by atoms with Crippen LogP contribution in [0.3, 0.4) is 0 Å². The maximum absolute atomic E-state index is 13.2. The van der Waals surface area contributed by atoms with E-state index in [0.717, 1.165) is 11.8 Å². The molecule has 0 aliphatic rings. The monoisotopic (exact) mass is 502 g/mol. The first kappa shape index (κ1) is 24.2. The van der Waals surface area contributed by atoms with Crippen LogP contribution in [0.4, 0.5) is 4.39 Å². The molecule has 9 heteroatoms. The fourth-order valence-electron chi connectivity index (χ4n) is 4.43. The molecule has 0 radical (unpaired) electrons. The Morgan fingerprint density at radius 3 is 2.59 bits per heavy atom. The number of phenols is 1. The molecule has 1 unspecified atom stereocenters. The van der Waals surface area contributed by atoms with Gasteiger partial charge in [-0.25, -0.2) is 14.2 Å². The number of carboxylic acids is 1. The van der Waals surface area contributed by atoms with Gasteiger partial charge < -0.3 is 29.8 Å². The number of hydrogen-bond acceptors (Lipinski definition) is 7. The summed E-state index contributed by atoms with van der Waals surface area (Å²) < 4.78 is 24.7. The van der Waals surface area contributed by atoms with E-state index in [2.05, 4.69) is 10.3 Å². The Bertz CT molecular complexity index is 1580. The first-order chi connectivity index (χ1) is 18.0. The number of carbonyl (C=O) groups is 1. The van der Waals surface area contributed by atoms with E-state index in [4.69, 9.17) is 9.15 Å². The molecule has 0 saturated carbocycles. The largest absolute Gasteiger partial charge is 0.507 e. The molecule has 5 rings (SSSR count). The Balaban J connectivity index is 1.63. The first-order valence-electron chi connectivity index (χ1n) is 11.5. The minimum atomic E-state index is -1.20. The highest BCUT2D eigenvalue weighted by Crippen LogP contribution is 2.44. The van der Waals surface area contributed by atoms with Gasteiger partial charge in [0.2, 0.25) is 5.88 Å². The van der Waals surface area contributed by atoms with E-state index < -0.39 is 12.0 Å². The van der Waals surface area contributed by atoms with Gasteiger partial charge in [-0.3, -0.25) is 0 Å². The van der Waals surface area contributed by atoms with E-state index in [0.29, 0.717) is 27.5 Å². The number of nitrogens with zero attached hydrogens (tertiary/aromatic N) is 1. The molecule has 0 aliphatic carbocycles. The molecule has 0 fully saturated rings. The van der Waals surface area contributed by atoms with Crippen LogP contribution in [0.25, 0.3) is 21.7 Å². The zero-order chi connectivity index (χ0) is 25.9. The van der Waals surface area contributed by atoms with Gasteiger partial charge in [-0.15, -0.1) is 0 Å². The number of rotatable bonds is 9. The van der Waals surface area contributed by atoms with Gasteiger partial charge in [-0.1, -0.05) is 36.4 Å². The third kappa shape index (κ3) is 4.69. The highest BCUT2D eigenvalue weighted by atomic mass is 19.1. The molecule has 0 amide bonds. The Morgan fingerprint density at radius 2 is 1.86 bits per heavy atom. The molecular weight excluding hydrogens is 479 g/mol. The number of benzene rings is 3. The standard InChI is InChI=1S/C28H23FN2O6/c29-18-7-5-16(6-8-18)14-36-22-13-17(9-10-30-22)25(31-11-12-32)24-23-21(28(34)35)15-37-27(23)20-4-2-1-3-19(20)26(24)33/h1-10,13,15,25,31-33H,11-12,14H2,(H,34,35). The number of ether oxygens (including phenoxy) is 1. The second-order valence-electron chi connectivity index (χ2n) is 8.42. The number of aromatic hydroxyl groups is 1. The Kier molecular flexibility index (Phi) is 6.72. The highest BCUT2D eigenvalue weighted by molar-refractivity contribution is 6.15. The van der Waals surface area contributed by atoms with Crippen LogP contribution in [0.5, 0.6) is 11.6 Å². The summed E-state index contributed by atoms with van der Waals surface area (Å²) in [5, 5.41) is 35.4. The van der Waals surface area contributed by atoms with Crippen molar-refractivity contribution >= 4 is 27.7 Å². The summed E-state index contributed by atoms with van der Waals surface area (Å²) in [5.74, 6) is -1.37. The van der Waals surface area contributed by atoms with Crippen LogP contribution >= 0.6 is 0 Å². The average molecular weight is 502 g/mol. The van der Waals surface area contributed by atoms with E-state index in [1.54, 1.807) is 48.5 Å². The van der Waals surface area contributed by atoms with Crippen LogP contribution in [0.15, 0.2) is 77.5 Å². The van der Waals surface area contributed by atoms with E-state index in [1.165, 1.54) is 18.3 Å². The lowest BCUT2D eigenvalue weighted by Crippen LogP contribution is -2.26. The molecule has 0 saturated heterocycles. The van der Waals surface area contributed by atoms with Crippen LogP contribution in [0.1, 0.15) is 33.1 Å². The summed E-state index contributed by atoms with van der Waals surface area (Å²) in [5.41, 5.74) is 1.90. The number of fused-ring (bicyclic) bond motifs is 3. The second-order valence-corrected chi connectivity index (χ2v) is 8.42. The highest BCUT2D eigenvalue weighted by Gasteiger charge is 2.28. The van der Waals surface area contributed by atoms with Gasteiger partial charge in [0.15, 0.2) is 0 Å². The number of pyridine rings is 1. The molecule has 2 aromatic heterocycles. The van der Waals surface area contributed by atoms with E-state index in [9.17, 15) is 24.5 Å². The lowest BCUT2D eigenvalue weighted by Gasteiger charge is -2.23. The van der Waals surface area contributed by atoms with Crippen LogP contribution in [0, 0.1) is 5.82 Å².